The molecule has 19 heavy (non-hydrogen) atoms. The van der Waals surface area contributed by atoms with Gasteiger partial charge in [-0.2, -0.15) is 0 Å². The summed E-state index contributed by atoms with van der Waals surface area (Å²) in [5, 5.41) is 3.23. The Kier molecular flexibility index (Phi) is 5.97. The number of hydrogen-bond donors (Lipinski definition) is 2. The van der Waals surface area contributed by atoms with Gasteiger partial charge in [-0.25, -0.2) is 13.1 Å². The third-order valence-electron chi connectivity index (χ3n) is 3.03. The number of sulfonamides is 1. The summed E-state index contributed by atoms with van der Waals surface area (Å²) in [4.78, 5) is 0.388. The first-order valence-corrected chi connectivity index (χ1v) is 8.21. The minimum atomic E-state index is -3.40. The van der Waals surface area contributed by atoms with Gasteiger partial charge in [0.1, 0.15) is 0 Å². The summed E-state index contributed by atoms with van der Waals surface area (Å²) in [7, 11) is -3.40. The third-order valence-corrected chi connectivity index (χ3v) is 4.63. The monoisotopic (exact) mass is 284 g/mol. The first-order valence-electron chi connectivity index (χ1n) is 6.72. The van der Waals surface area contributed by atoms with Crippen LogP contribution in [0.25, 0.3) is 0 Å². The molecule has 0 radical (unpaired) electrons. The highest BCUT2D eigenvalue weighted by atomic mass is 32.2. The number of nitrogens with one attached hydrogen (secondary N) is 2. The molecule has 108 valence electrons. The second-order valence-corrected chi connectivity index (χ2v) is 6.46. The fraction of sp³-hybridized carbons (Fsp3) is 0.571. The maximum atomic E-state index is 12.2. The van der Waals surface area contributed by atoms with Crippen LogP contribution in [0.2, 0.25) is 0 Å². The van der Waals surface area contributed by atoms with Gasteiger partial charge in [-0.1, -0.05) is 19.9 Å². The van der Waals surface area contributed by atoms with Gasteiger partial charge in [-0.3, -0.25) is 0 Å². The fourth-order valence-corrected chi connectivity index (χ4v) is 3.34. The van der Waals surface area contributed by atoms with E-state index < -0.39 is 10.0 Å². The van der Waals surface area contributed by atoms with Gasteiger partial charge in [-0.05, 0) is 49.6 Å². The van der Waals surface area contributed by atoms with E-state index in [1.54, 1.807) is 6.07 Å². The third kappa shape index (κ3) is 4.30. The van der Waals surface area contributed by atoms with E-state index in [1.807, 2.05) is 33.8 Å². The van der Waals surface area contributed by atoms with Crippen LogP contribution in [-0.4, -0.2) is 21.5 Å². The minimum absolute atomic E-state index is 0.388. The summed E-state index contributed by atoms with van der Waals surface area (Å²) < 4.78 is 27.1. The first-order chi connectivity index (χ1) is 8.92. The van der Waals surface area contributed by atoms with Crippen molar-refractivity contribution in [2.24, 2.45) is 0 Å². The van der Waals surface area contributed by atoms with E-state index in [4.69, 9.17) is 0 Å². The molecule has 0 unspecified atom stereocenters. The summed E-state index contributed by atoms with van der Waals surface area (Å²) in [5.74, 6) is 0. The molecule has 0 amide bonds. The highest BCUT2D eigenvalue weighted by Crippen LogP contribution is 2.20. The fourth-order valence-electron chi connectivity index (χ4n) is 1.93. The summed E-state index contributed by atoms with van der Waals surface area (Å²) >= 11 is 0. The largest absolute Gasteiger partial charge is 0.313 e. The molecule has 1 rings (SSSR count). The van der Waals surface area contributed by atoms with Crippen molar-refractivity contribution < 1.29 is 8.42 Å². The number of hydrogen-bond acceptors (Lipinski definition) is 3. The Balaban J connectivity index is 3.13. The minimum Gasteiger partial charge on any atom is -0.313 e. The molecule has 0 saturated carbocycles. The maximum absolute atomic E-state index is 12.2. The topological polar surface area (TPSA) is 58.2 Å². The van der Waals surface area contributed by atoms with Crippen LogP contribution in [0.15, 0.2) is 17.0 Å². The molecule has 0 atom stereocenters. The summed E-state index contributed by atoms with van der Waals surface area (Å²) in [6, 6.07) is 3.72. The zero-order valence-electron chi connectivity index (χ0n) is 12.2. The molecule has 0 heterocycles. The lowest BCUT2D eigenvalue weighted by atomic mass is 10.1. The molecule has 0 fully saturated rings. The van der Waals surface area contributed by atoms with Crippen LogP contribution in [0.1, 0.15) is 37.0 Å². The molecular formula is C14H24N2O2S. The van der Waals surface area contributed by atoms with Crippen LogP contribution in [0.3, 0.4) is 0 Å². The van der Waals surface area contributed by atoms with Gasteiger partial charge in [0, 0.05) is 13.1 Å². The van der Waals surface area contributed by atoms with Gasteiger partial charge in [0.2, 0.25) is 10.0 Å². The lowest BCUT2D eigenvalue weighted by Gasteiger charge is -2.13. The smallest absolute Gasteiger partial charge is 0.240 e. The van der Waals surface area contributed by atoms with E-state index in [-0.39, 0.29) is 0 Å². The van der Waals surface area contributed by atoms with Gasteiger partial charge in [0.25, 0.3) is 0 Å². The van der Waals surface area contributed by atoms with Crippen molar-refractivity contribution in [3.05, 3.63) is 28.8 Å². The number of aryl methyl sites for hydroxylation is 2. The van der Waals surface area contributed by atoms with Crippen molar-refractivity contribution in [2.45, 2.75) is 45.6 Å². The van der Waals surface area contributed by atoms with Gasteiger partial charge < -0.3 is 5.32 Å². The van der Waals surface area contributed by atoms with Crippen molar-refractivity contribution in [2.75, 3.05) is 13.1 Å². The van der Waals surface area contributed by atoms with E-state index in [1.165, 1.54) is 0 Å². The highest BCUT2D eigenvalue weighted by Gasteiger charge is 2.17. The molecule has 0 aliphatic heterocycles. The average Bonchev–Trinajstić information content (AvgIpc) is 2.35. The standard InChI is InChI=1S/C14H24N2O2S/c1-5-7-16-19(17,18)14-9-13(10-15-6-2)11(3)8-12(14)4/h8-9,15-16H,5-7,10H2,1-4H3. The molecule has 0 spiro atoms. The number of benzene rings is 1. The summed E-state index contributed by atoms with van der Waals surface area (Å²) in [6.07, 6.45) is 0.786. The van der Waals surface area contributed by atoms with Crippen LogP contribution in [-0.2, 0) is 16.6 Å². The first kappa shape index (κ1) is 16.1. The Bertz CT molecular complexity index is 524. The molecule has 0 bridgehead atoms. The molecule has 0 aliphatic carbocycles. The van der Waals surface area contributed by atoms with E-state index in [0.717, 1.165) is 29.7 Å². The highest BCUT2D eigenvalue weighted by molar-refractivity contribution is 7.89. The molecule has 5 heteroatoms. The van der Waals surface area contributed by atoms with Gasteiger partial charge in [0.05, 0.1) is 4.90 Å². The zero-order valence-corrected chi connectivity index (χ0v) is 13.0. The summed E-state index contributed by atoms with van der Waals surface area (Å²) in [5.41, 5.74) is 2.94. The Morgan fingerprint density at radius 2 is 1.79 bits per heavy atom. The second kappa shape index (κ2) is 7.03. The maximum Gasteiger partial charge on any atom is 0.240 e. The predicted molar refractivity (Wildman–Crippen MR) is 78.8 cm³/mol. The lowest BCUT2D eigenvalue weighted by Crippen LogP contribution is -2.25. The van der Waals surface area contributed by atoms with E-state index >= 15 is 0 Å². The van der Waals surface area contributed by atoms with Gasteiger partial charge >= 0.3 is 0 Å². The van der Waals surface area contributed by atoms with Crippen molar-refractivity contribution in [1.82, 2.24) is 10.0 Å². The Hall–Kier alpha value is -0.910. The predicted octanol–water partition coefficient (Wildman–Crippen LogP) is 2.10. The Morgan fingerprint density at radius 3 is 2.37 bits per heavy atom. The van der Waals surface area contributed by atoms with Crippen molar-refractivity contribution in [1.29, 1.82) is 0 Å². The van der Waals surface area contributed by atoms with Gasteiger partial charge in [0.15, 0.2) is 0 Å². The molecule has 1 aromatic rings. The molecule has 4 nitrogen and oxygen atoms in total. The Morgan fingerprint density at radius 1 is 1.11 bits per heavy atom. The van der Waals surface area contributed by atoms with Crippen molar-refractivity contribution in [3.63, 3.8) is 0 Å². The molecule has 0 saturated heterocycles. The van der Waals surface area contributed by atoms with Crippen molar-refractivity contribution in [3.8, 4) is 0 Å². The van der Waals surface area contributed by atoms with Crippen LogP contribution in [0, 0.1) is 13.8 Å². The zero-order chi connectivity index (χ0) is 14.5. The molecule has 0 aliphatic rings. The quantitative estimate of drug-likeness (QED) is 0.806. The van der Waals surface area contributed by atoms with E-state index in [9.17, 15) is 8.42 Å². The van der Waals surface area contributed by atoms with Gasteiger partial charge in [-0.15, -0.1) is 0 Å². The van der Waals surface area contributed by atoms with Crippen LogP contribution < -0.4 is 10.0 Å². The molecule has 2 N–H and O–H groups in total. The van der Waals surface area contributed by atoms with Crippen LogP contribution >= 0.6 is 0 Å². The van der Waals surface area contributed by atoms with E-state index in [0.29, 0.717) is 18.0 Å². The van der Waals surface area contributed by atoms with Crippen LogP contribution in [0.4, 0.5) is 0 Å². The second-order valence-electron chi connectivity index (χ2n) is 4.72. The normalized spacial score (nSPS) is 11.8. The van der Waals surface area contributed by atoms with E-state index in [2.05, 4.69) is 10.0 Å². The molecule has 0 aromatic heterocycles. The molecular weight excluding hydrogens is 260 g/mol. The average molecular weight is 284 g/mol. The lowest BCUT2D eigenvalue weighted by molar-refractivity contribution is 0.580. The molecule has 1 aromatic carbocycles. The van der Waals surface area contributed by atoms with Crippen LogP contribution in [0.5, 0.6) is 0 Å². The SMILES string of the molecule is CCCNS(=O)(=O)c1cc(CNCC)c(C)cc1C. The van der Waals surface area contributed by atoms with Crippen molar-refractivity contribution >= 4 is 10.0 Å². The Labute approximate surface area is 116 Å². The number of rotatable bonds is 7. The summed E-state index contributed by atoms with van der Waals surface area (Å²) in [6.45, 7) is 9.85.